The Morgan fingerprint density at radius 1 is 1.00 bits per heavy atom. The largest absolute Gasteiger partial charge is 0.465 e. The normalized spacial score (nSPS) is 11.1. The molecule has 3 nitrogen and oxygen atoms in total. The van der Waals surface area contributed by atoms with Crippen molar-refractivity contribution in [3.05, 3.63) is 34.9 Å². The molecule has 0 fully saturated rings. The molecular weight excluding hydrogens is 238 g/mol. The number of hydrogen-bond acceptors (Lipinski definition) is 1. The van der Waals surface area contributed by atoms with E-state index in [1.807, 2.05) is 0 Å². The first-order chi connectivity index (χ1) is 8.86. The van der Waals surface area contributed by atoms with Crippen molar-refractivity contribution in [2.75, 3.05) is 0 Å². The van der Waals surface area contributed by atoms with Crippen molar-refractivity contribution in [1.29, 1.82) is 0 Å². The van der Waals surface area contributed by atoms with Gasteiger partial charge in [-0.15, -0.1) is 0 Å². The molecule has 1 aromatic rings. The Balaban J connectivity index is 2.91. The van der Waals surface area contributed by atoms with E-state index in [-0.39, 0.29) is 0 Å². The number of hydrogen-bond donors (Lipinski definition) is 2. The quantitative estimate of drug-likeness (QED) is 0.819. The zero-order chi connectivity index (χ0) is 14.4. The molecule has 0 radical (unpaired) electrons. The van der Waals surface area contributed by atoms with Crippen molar-refractivity contribution in [2.45, 2.75) is 47.1 Å². The molecule has 0 unspecified atom stereocenters. The molecule has 0 aromatic heterocycles. The van der Waals surface area contributed by atoms with Crippen LogP contribution in [0.15, 0.2) is 18.2 Å². The second kappa shape index (κ2) is 7.17. The fourth-order valence-electron chi connectivity index (χ4n) is 2.30. The molecule has 0 saturated carbocycles. The van der Waals surface area contributed by atoms with Gasteiger partial charge in [0.15, 0.2) is 0 Å². The van der Waals surface area contributed by atoms with Crippen molar-refractivity contribution >= 4 is 6.09 Å². The van der Waals surface area contributed by atoms with Crippen LogP contribution in [-0.2, 0) is 19.4 Å². The molecule has 0 aliphatic heterocycles. The Hall–Kier alpha value is -1.51. The summed E-state index contributed by atoms with van der Waals surface area (Å²) in [6.45, 7) is 9.18. The monoisotopic (exact) mass is 263 g/mol. The molecule has 1 rings (SSSR count). The van der Waals surface area contributed by atoms with Crippen LogP contribution in [0.3, 0.4) is 0 Å². The molecule has 3 heteroatoms. The van der Waals surface area contributed by atoms with Gasteiger partial charge in [0.05, 0.1) is 0 Å². The molecule has 0 atom stereocenters. The van der Waals surface area contributed by atoms with Crippen LogP contribution in [0, 0.1) is 11.8 Å². The lowest BCUT2D eigenvalue weighted by Gasteiger charge is -2.13. The van der Waals surface area contributed by atoms with Crippen LogP contribution in [-0.4, -0.2) is 11.2 Å². The fourth-order valence-corrected chi connectivity index (χ4v) is 2.30. The molecule has 0 aliphatic carbocycles. The first-order valence-corrected chi connectivity index (χ1v) is 6.95. The molecule has 0 heterocycles. The third kappa shape index (κ3) is 6.27. The Labute approximate surface area is 116 Å². The van der Waals surface area contributed by atoms with Crippen molar-refractivity contribution in [3.8, 4) is 0 Å². The van der Waals surface area contributed by atoms with Gasteiger partial charge in [0.2, 0.25) is 0 Å². The van der Waals surface area contributed by atoms with Gasteiger partial charge in [0.1, 0.15) is 0 Å². The smallest absolute Gasteiger partial charge is 0.404 e. The summed E-state index contributed by atoms with van der Waals surface area (Å²) >= 11 is 0. The van der Waals surface area contributed by atoms with Crippen LogP contribution in [0.2, 0.25) is 0 Å². The van der Waals surface area contributed by atoms with Gasteiger partial charge in [-0.1, -0.05) is 45.9 Å². The summed E-state index contributed by atoms with van der Waals surface area (Å²) in [4.78, 5) is 10.6. The molecule has 1 aromatic carbocycles. The average Bonchev–Trinajstić information content (AvgIpc) is 2.24. The van der Waals surface area contributed by atoms with Crippen LogP contribution >= 0.6 is 0 Å². The van der Waals surface area contributed by atoms with Crippen LogP contribution in [0.5, 0.6) is 0 Å². The zero-order valence-corrected chi connectivity index (χ0v) is 12.4. The van der Waals surface area contributed by atoms with Gasteiger partial charge in [0.25, 0.3) is 0 Å². The second-order valence-electron chi connectivity index (χ2n) is 6.01. The van der Waals surface area contributed by atoms with Crippen LogP contribution in [0.25, 0.3) is 0 Å². The van der Waals surface area contributed by atoms with Crippen molar-refractivity contribution in [1.82, 2.24) is 5.32 Å². The molecule has 2 N–H and O–H groups in total. The SMILES string of the molecule is CC(C)Cc1cc(CNC(=O)O)cc(CC(C)C)c1. The summed E-state index contributed by atoms with van der Waals surface area (Å²) in [5, 5.41) is 11.1. The Bertz CT molecular complexity index is 397. The first-order valence-electron chi connectivity index (χ1n) is 6.95. The van der Waals surface area contributed by atoms with E-state index in [1.54, 1.807) is 0 Å². The van der Waals surface area contributed by atoms with Crippen molar-refractivity contribution in [2.24, 2.45) is 11.8 Å². The highest BCUT2D eigenvalue weighted by Gasteiger charge is 2.06. The lowest BCUT2D eigenvalue weighted by atomic mass is 9.94. The van der Waals surface area contributed by atoms with Gasteiger partial charge in [-0.3, -0.25) is 0 Å². The number of benzene rings is 1. The van der Waals surface area contributed by atoms with Gasteiger partial charge in [-0.2, -0.15) is 0 Å². The molecule has 19 heavy (non-hydrogen) atoms. The Morgan fingerprint density at radius 2 is 1.42 bits per heavy atom. The van der Waals surface area contributed by atoms with E-state index in [4.69, 9.17) is 5.11 Å². The summed E-state index contributed by atoms with van der Waals surface area (Å²) in [5.74, 6) is 1.21. The molecule has 0 spiro atoms. The number of carbonyl (C=O) groups is 1. The minimum absolute atomic E-state index is 0.381. The van der Waals surface area contributed by atoms with E-state index in [2.05, 4.69) is 51.2 Å². The molecular formula is C16H25NO2. The standard InChI is InChI=1S/C16H25NO2/c1-11(2)5-13-7-14(6-12(3)4)9-15(8-13)10-17-16(18)19/h7-9,11-12,17H,5-6,10H2,1-4H3,(H,18,19). The van der Waals surface area contributed by atoms with E-state index in [0.717, 1.165) is 18.4 Å². The maximum absolute atomic E-state index is 10.6. The summed E-state index contributed by atoms with van der Waals surface area (Å²) < 4.78 is 0. The topological polar surface area (TPSA) is 49.3 Å². The van der Waals surface area contributed by atoms with Gasteiger partial charge < -0.3 is 10.4 Å². The highest BCUT2D eigenvalue weighted by Crippen LogP contribution is 2.17. The fraction of sp³-hybridized carbons (Fsp3) is 0.562. The lowest BCUT2D eigenvalue weighted by Crippen LogP contribution is -2.20. The van der Waals surface area contributed by atoms with Gasteiger partial charge in [0, 0.05) is 6.54 Å². The van der Waals surface area contributed by atoms with E-state index >= 15 is 0 Å². The van der Waals surface area contributed by atoms with E-state index in [1.165, 1.54) is 11.1 Å². The molecule has 0 bridgehead atoms. The zero-order valence-electron chi connectivity index (χ0n) is 12.4. The molecule has 0 saturated heterocycles. The summed E-state index contributed by atoms with van der Waals surface area (Å²) in [6.07, 6.45) is 1.09. The van der Waals surface area contributed by atoms with Crippen LogP contribution < -0.4 is 5.32 Å². The number of nitrogens with one attached hydrogen (secondary N) is 1. The maximum atomic E-state index is 10.6. The maximum Gasteiger partial charge on any atom is 0.404 e. The first kappa shape index (κ1) is 15.5. The number of carboxylic acid groups (broad SMARTS) is 1. The minimum atomic E-state index is -0.973. The third-order valence-electron chi connectivity index (χ3n) is 2.84. The highest BCUT2D eigenvalue weighted by atomic mass is 16.4. The molecule has 0 aliphatic rings. The predicted octanol–water partition coefficient (Wildman–Crippen LogP) is 3.85. The van der Waals surface area contributed by atoms with Gasteiger partial charge in [-0.25, -0.2) is 4.79 Å². The third-order valence-corrected chi connectivity index (χ3v) is 2.84. The van der Waals surface area contributed by atoms with Gasteiger partial charge >= 0.3 is 6.09 Å². The lowest BCUT2D eigenvalue weighted by molar-refractivity contribution is 0.194. The minimum Gasteiger partial charge on any atom is -0.465 e. The molecule has 1 amide bonds. The van der Waals surface area contributed by atoms with E-state index in [0.29, 0.717) is 18.4 Å². The number of amides is 1. The van der Waals surface area contributed by atoms with Crippen LogP contribution in [0.4, 0.5) is 4.79 Å². The summed E-state index contributed by atoms with van der Waals surface area (Å²) in [6, 6.07) is 6.48. The average molecular weight is 263 g/mol. The highest BCUT2D eigenvalue weighted by molar-refractivity contribution is 5.64. The summed E-state index contributed by atoms with van der Waals surface area (Å²) in [5.41, 5.74) is 3.65. The van der Waals surface area contributed by atoms with Crippen molar-refractivity contribution < 1.29 is 9.90 Å². The Kier molecular flexibility index (Phi) is 5.87. The number of rotatable bonds is 6. The van der Waals surface area contributed by atoms with E-state index in [9.17, 15) is 4.79 Å². The molecule has 106 valence electrons. The van der Waals surface area contributed by atoms with E-state index < -0.39 is 6.09 Å². The van der Waals surface area contributed by atoms with Crippen LogP contribution in [0.1, 0.15) is 44.4 Å². The van der Waals surface area contributed by atoms with Gasteiger partial charge in [-0.05, 0) is 41.4 Å². The van der Waals surface area contributed by atoms with Crippen molar-refractivity contribution in [3.63, 3.8) is 0 Å². The predicted molar refractivity (Wildman–Crippen MR) is 78.4 cm³/mol. The summed E-state index contributed by atoms with van der Waals surface area (Å²) in [7, 11) is 0. The Morgan fingerprint density at radius 3 is 1.79 bits per heavy atom. The second-order valence-corrected chi connectivity index (χ2v) is 6.01.